The number of hydrogen-bond donors (Lipinski definition) is 0. The van der Waals surface area contributed by atoms with Gasteiger partial charge >= 0.3 is 5.97 Å². The molecule has 25 heavy (non-hydrogen) atoms. The van der Waals surface area contributed by atoms with Gasteiger partial charge in [0.2, 0.25) is 5.78 Å². The van der Waals surface area contributed by atoms with Crippen molar-refractivity contribution in [2.75, 3.05) is 13.7 Å². The van der Waals surface area contributed by atoms with Crippen molar-refractivity contribution in [3.05, 3.63) is 63.7 Å². The molecule has 3 rings (SSSR count). The number of thiophene rings is 1. The third kappa shape index (κ3) is 3.50. The summed E-state index contributed by atoms with van der Waals surface area (Å²) in [6.45, 7) is -0.446. The van der Waals surface area contributed by atoms with E-state index < -0.39 is 24.2 Å². The van der Waals surface area contributed by atoms with Gasteiger partial charge in [-0.1, -0.05) is 23.7 Å². The standard InChI is InChI=1S/C18H12ClFO4S/c1-23-14-5-3-2-4-11(14)13(21)9-24-18(22)17-16(19)12-7-6-10(20)8-15(12)25-17/h2-8H,9H2,1H3. The number of rotatable bonds is 5. The van der Waals surface area contributed by atoms with Crippen molar-refractivity contribution in [1.29, 1.82) is 0 Å². The number of Topliss-reactive ketones (excluding diaryl/α,β-unsaturated/α-hetero) is 1. The van der Waals surface area contributed by atoms with Gasteiger partial charge in [0.1, 0.15) is 16.4 Å². The lowest BCUT2D eigenvalue weighted by atomic mass is 10.1. The van der Waals surface area contributed by atoms with Crippen LogP contribution in [0.15, 0.2) is 42.5 Å². The van der Waals surface area contributed by atoms with Crippen LogP contribution in [0.3, 0.4) is 0 Å². The number of carbonyl (C=O) groups is 2. The monoisotopic (exact) mass is 378 g/mol. The van der Waals surface area contributed by atoms with Crippen molar-refractivity contribution in [2.24, 2.45) is 0 Å². The first-order chi connectivity index (χ1) is 12.0. The third-order valence-corrected chi connectivity index (χ3v) is 5.16. The van der Waals surface area contributed by atoms with E-state index in [0.29, 0.717) is 21.4 Å². The maximum absolute atomic E-state index is 13.3. The van der Waals surface area contributed by atoms with E-state index in [1.807, 2.05) is 0 Å². The number of fused-ring (bicyclic) bond motifs is 1. The topological polar surface area (TPSA) is 52.6 Å². The van der Waals surface area contributed by atoms with Crippen LogP contribution < -0.4 is 4.74 Å². The molecule has 1 aromatic heterocycles. The molecular weight excluding hydrogens is 367 g/mol. The van der Waals surface area contributed by atoms with Crippen LogP contribution in [0, 0.1) is 5.82 Å². The van der Waals surface area contributed by atoms with Gasteiger partial charge in [-0.2, -0.15) is 0 Å². The maximum atomic E-state index is 13.3. The fraction of sp³-hybridized carbons (Fsp3) is 0.111. The molecular formula is C18H12ClFO4S. The van der Waals surface area contributed by atoms with Gasteiger partial charge in [0.15, 0.2) is 6.61 Å². The number of carbonyl (C=O) groups excluding carboxylic acids is 2. The lowest BCUT2D eigenvalue weighted by Crippen LogP contribution is -2.14. The molecule has 0 aliphatic heterocycles. The Morgan fingerprint density at radius 3 is 2.72 bits per heavy atom. The zero-order chi connectivity index (χ0) is 18.0. The first kappa shape index (κ1) is 17.4. The molecule has 4 nitrogen and oxygen atoms in total. The van der Waals surface area contributed by atoms with E-state index in [0.717, 1.165) is 11.3 Å². The van der Waals surface area contributed by atoms with Gasteiger partial charge in [0.25, 0.3) is 0 Å². The average Bonchev–Trinajstić information content (AvgIpc) is 2.95. The highest BCUT2D eigenvalue weighted by Gasteiger charge is 2.21. The Balaban J connectivity index is 1.77. The second kappa shape index (κ2) is 7.21. The summed E-state index contributed by atoms with van der Waals surface area (Å²) in [4.78, 5) is 24.6. The molecule has 128 valence electrons. The number of halogens is 2. The van der Waals surface area contributed by atoms with Gasteiger partial charge in [0.05, 0.1) is 17.7 Å². The molecule has 0 bridgehead atoms. The summed E-state index contributed by atoms with van der Waals surface area (Å²) < 4.78 is 24.0. The Kier molecular flexibility index (Phi) is 5.01. The van der Waals surface area contributed by atoms with Crippen LogP contribution in [0.25, 0.3) is 10.1 Å². The van der Waals surface area contributed by atoms with Gasteiger partial charge in [-0.25, -0.2) is 9.18 Å². The number of benzene rings is 2. The Morgan fingerprint density at radius 1 is 1.20 bits per heavy atom. The predicted octanol–water partition coefficient (Wildman–Crippen LogP) is 4.74. The first-order valence-corrected chi connectivity index (χ1v) is 8.41. The van der Waals surface area contributed by atoms with Crippen LogP contribution in [-0.2, 0) is 4.74 Å². The minimum Gasteiger partial charge on any atom is -0.496 e. The number of ketones is 1. The van der Waals surface area contributed by atoms with Crippen LogP contribution in [0.1, 0.15) is 20.0 Å². The zero-order valence-electron chi connectivity index (χ0n) is 13.0. The Bertz CT molecular complexity index is 967. The number of esters is 1. The lowest BCUT2D eigenvalue weighted by Gasteiger charge is -2.07. The van der Waals surface area contributed by atoms with Crippen LogP contribution in [0.2, 0.25) is 5.02 Å². The van der Waals surface area contributed by atoms with E-state index in [1.165, 1.54) is 25.3 Å². The Hall–Kier alpha value is -2.44. The molecule has 0 amide bonds. The zero-order valence-corrected chi connectivity index (χ0v) is 14.6. The smallest absolute Gasteiger partial charge is 0.350 e. The molecule has 0 unspecified atom stereocenters. The SMILES string of the molecule is COc1ccccc1C(=O)COC(=O)c1sc2cc(F)ccc2c1Cl. The lowest BCUT2D eigenvalue weighted by molar-refractivity contribution is 0.0479. The molecule has 0 atom stereocenters. The van der Waals surface area contributed by atoms with Crippen LogP contribution >= 0.6 is 22.9 Å². The average molecular weight is 379 g/mol. The molecule has 0 aliphatic carbocycles. The summed E-state index contributed by atoms with van der Waals surface area (Å²) in [5.41, 5.74) is 0.322. The van der Waals surface area contributed by atoms with Gasteiger partial charge in [-0.15, -0.1) is 11.3 Å². The second-order valence-corrected chi connectivity index (χ2v) is 6.52. The molecule has 0 N–H and O–H groups in total. The molecule has 3 aromatic rings. The molecule has 0 spiro atoms. The number of hydrogen-bond acceptors (Lipinski definition) is 5. The minimum absolute atomic E-state index is 0.134. The van der Waals surface area contributed by atoms with Crippen molar-refractivity contribution in [3.63, 3.8) is 0 Å². The third-order valence-electron chi connectivity index (χ3n) is 3.52. The molecule has 2 aromatic carbocycles. The summed E-state index contributed by atoms with van der Waals surface area (Å²) in [5.74, 6) is -1.14. The van der Waals surface area contributed by atoms with E-state index in [9.17, 15) is 14.0 Å². The molecule has 0 radical (unpaired) electrons. The van der Waals surface area contributed by atoms with Crippen LogP contribution in [0.4, 0.5) is 4.39 Å². The Labute approximate surface area is 151 Å². The summed E-state index contributed by atoms with van der Waals surface area (Å²) in [5, 5.41) is 0.755. The fourth-order valence-corrected chi connectivity index (χ4v) is 3.75. The van der Waals surface area contributed by atoms with Crippen LogP contribution in [0.5, 0.6) is 5.75 Å². The van der Waals surface area contributed by atoms with E-state index in [4.69, 9.17) is 21.1 Å². The van der Waals surface area contributed by atoms with E-state index in [1.54, 1.807) is 24.3 Å². The van der Waals surface area contributed by atoms with Gasteiger partial charge in [-0.05, 0) is 30.3 Å². The molecule has 0 saturated heterocycles. The first-order valence-electron chi connectivity index (χ1n) is 7.22. The van der Waals surface area contributed by atoms with Gasteiger partial charge < -0.3 is 9.47 Å². The van der Waals surface area contributed by atoms with E-state index >= 15 is 0 Å². The highest BCUT2D eigenvalue weighted by atomic mass is 35.5. The molecule has 7 heteroatoms. The van der Waals surface area contributed by atoms with Crippen molar-refractivity contribution < 1.29 is 23.5 Å². The number of ether oxygens (including phenoxy) is 2. The van der Waals surface area contributed by atoms with Crippen molar-refractivity contribution in [1.82, 2.24) is 0 Å². The number of methoxy groups -OCH3 is 1. The maximum Gasteiger partial charge on any atom is 0.350 e. The van der Waals surface area contributed by atoms with Gasteiger partial charge in [0, 0.05) is 10.1 Å². The molecule has 0 fully saturated rings. The minimum atomic E-state index is -0.727. The highest BCUT2D eigenvalue weighted by molar-refractivity contribution is 7.21. The molecule has 0 saturated carbocycles. The van der Waals surface area contributed by atoms with Crippen molar-refractivity contribution >= 4 is 44.8 Å². The second-order valence-electron chi connectivity index (χ2n) is 5.09. The molecule has 1 heterocycles. The summed E-state index contributed by atoms with van der Waals surface area (Å²) >= 11 is 7.19. The summed E-state index contributed by atoms with van der Waals surface area (Å²) in [6, 6.07) is 10.7. The van der Waals surface area contributed by atoms with Gasteiger partial charge in [-0.3, -0.25) is 4.79 Å². The fourth-order valence-electron chi connectivity index (χ4n) is 2.32. The van der Waals surface area contributed by atoms with Crippen LogP contribution in [-0.4, -0.2) is 25.5 Å². The summed E-state index contributed by atoms with van der Waals surface area (Å²) in [7, 11) is 1.45. The predicted molar refractivity (Wildman–Crippen MR) is 94.4 cm³/mol. The number of para-hydroxylation sites is 1. The largest absolute Gasteiger partial charge is 0.496 e. The highest BCUT2D eigenvalue weighted by Crippen LogP contribution is 2.36. The normalized spacial score (nSPS) is 10.7. The molecule has 0 aliphatic rings. The van der Waals surface area contributed by atoms with E-state index in [2.05, 4.69) is 0 Å². The van der Waals surface area contributed by atoms with Crippen molar-refractivity contribution in [3.8, 4) is 5.75 Å². The summed E-state index contributed by atoms with van der Waals surface area (Å²) in [6.07, 6.45) is 0. The Morgan fingerprint density at radius 2 is 1.96 bits per heavy atom. The van der Waals surface area contributed by atoms with E-state index in [-0.39, 0.29) is 9.90 Å². The van der Waals surface area contributed by atoms with Crippen molar-refractivity contribution in [2.45, 2.75) is 0 Å². The quantitative estimate of drug-likeness (QED) is 0.475.